The second-order valence-electron chi connectivity index (χ2n) is 6.69. The van der Waals surface area contributed by atoms with Gasteiger partial charge in [0.2, 0.25) is 0 Å². The van der Waals surface area contributed by atoms with Crippen LogP contribution >= 0.6 is 15.9 Å². The number of hydrogen-bond acceptors (Lipinski definition) is 2. The highest BCUT2D eigenvalue weighted by atomic mass is 79.9. The second kappa shape index (κ2) is 7.32. The summed E-state index contributed by atoms with van der Waals surface area (Å²) in [5.41, 5.74) is 0.769. The zero-order chi connectivity index (χ0) is 16.2. The molecule has 120 valence electrons. The van der Waals surface area contributed by atoms with Gasteiger partial charge in [-0.1, -0.05) is 46.3 Å². The number of carbonyl (C=O) groups excluding carboxylic acids is 1. The number of halogens is 1. The van der Waals surface area contributed by atoms with Crippen LogP contribution in [0.3, 0.4) is 0 Å². The van der Waals surface area contributed by atoms with Crippen molar-refractivity contribution in [1.82, 2.24) is 4.90 Å². The number of rotatable bonds is 2. The first-order valence-corrected chi connectivity index (χ1v) is 8.55. The third-order valence-corrected chi connectivity index (χ3v) is 4.37. The van der Waals surface area contributed by atoms with Crippen LogP contribution < -0.4 is 0 Å². The quantitative estimate of drug-likeness (QED) is 0.728. The van der Waals surface area contributed by atoms with Crippen LogP contribution in [0, 0.1) is 5.92 Å². The zero-order valence-electron chi connectivity index (χ0n) is 13.5. The SMILES string of the molecule is CC(C)(C)OC(=O)N1CCC(C=Cc2ccccc2Br)CC1. The van der Waals surface area contributed by atoms with Crippen molar-refractivity contribution in [3.63, 3.8) is 0 Å². The molecule has 1 heterocycles. The van der Waals surface area contributed by atoms with Crippen molar-refractivity contribution >= 4 is 28.1 Å². The van der Waals surface area contributed by atoms with Gasteiger partial charge in [0.05, 0.1) is 0 Å². The van der Waals surface area contributed by atoms with Gasteiger partial charge < -0.3 is 9.64 Å². The summed E-state index contributed by atoms with van der Waals surface area (Å²) < 4.78 is 6.53. The van der Waals surface area contributed by atoms with Gasteiger partial charge in [0.1, 0.15) is 5.60 Å². The van der Waals surface area contributed by atoms with E-state index in [9.17, 15) is 4.79 Å². The molecule has 1 amide bonds. The van der Waals surface area contributed by atoms with Crippen LogP contribution in [-0.2, 0) is 4.74 Å². The van der Waals surface area contributed by atoms with E-state index in [1.54, 1.807) is 0 Å². The molecule has 3 nitrogen and oxygen atoms in total. The summed E-state index contributed by atoms with van der Waals surface area (Å²) in [4.78, 5) is 13.8. The average molecular weight is 366 g/mol. The monoisotopic (exact) mass is 365 g/mol. The Morgan fingerprint density at radius 2 is 1.91 bits per heavy atom. The molecule has 1 aromatic carbocycles. The number of carbonyl (C=O) groups is 1. The Balaban J connectivity index is 1.85. The summed E-state index contributed by atoms with van der Waals surface area (Å²) in [5.74, 6) is 0.519. The van der Waals surface area contributed by atoms with E-state index in [0.29, 0.717) is 5.92 Å². The molecule has 0 atom stereocenters. The van der Waals surface area contributed by atoms with Crippen molar-refractivity contribution < 1.29 is 9.53 Å². The van der Waals surface area contributed by atoms with Crippen molar-refractivity contribution in [2.75, 3.05) is 13.1 Å². The highest BCUT2D eigenvalue weighted by Crippen LogP contribution is 2.23. The smallest absolute Gasteiger partial charge is 0.410 e. The normalized spacial score (nSPS) is 17.0. The Labute approximate surface area is 141 Å². The lowest BCUT2D eigenvalue weighted by Gasteiger charge is -2.32. The Bertz CT molecular complexity index is 540. The summed E-state index contributed by atoms with van der Waals surface area (Å²) in [6, 6.07) is 8.19. The predicted octanol–water partition coefficient (Wildman–Crippen LogP) is 5.11. The largest absolute Gasteiger partial charge is 0.444 e. The van der Waals surface area contributed by atoms with Gasteiger partial charge in [-0.15, -0.1) is 0 Å². The predicted molar refractivity (Wildman–Crippen MR) is 93.7 cm³/mol. The number of amides is 1. The molecule has 1 aliphatic rings. The zero-order valence-corrected chi connectivity index (χ0v) is 15.1. The number of piperidine rings is 1. The molecule has 1 fully saturated rings. The highest BCUT2D eigenvalue weighted by molar-refractivity contribution is 9.10. The molecular formula is C18H24BrNO2. The first kappa shape index (κ1) is 17.1. The van der Waals surface area contributed by atoms with Gasteiger partial charge >= 0.3 is 6.09 Å². The van der Waals surface area contributed by atoms with Gasteiger partial charge in [0.15, 0.2) is 0 Å². The Morgan fingerprint density at radius 3 is 2.50 bits per heavy atom. The molecule has 0 spiro atoms. The summed E-state index contributed by atoms with van der Waals surface area (Å²) in [5, 5.41) is 0. The fourth-order valence-corrected chi connectivity index (χ4v) is 2.87. The van der Waals surface area contributed by atoms with Gasteiger partial charge in [-0.2, -0.15) is 0 Å². The number of allylic oxidation sites excluding steroid dienone is 1. The van der Waals surface area contributed by atoms with Crippen LogP contribution in [0.5, 0.6) is 0 Å². The molecule has 0 unspecified atom stereocenters. The molecule has 2 rings (SSSR count). The maximum Gasteiger partial charge on any atom is 0.410 e. The van der Waals surface area contributed by atoms with Crippen LogP contribution in [0.1, 0.15) is 39.2 Å². The number of ether oxygens (including phenoxy) is 1. The minimum Gasteiger partial charge on any atom is -0.444 e. The van der Waals surface area contributed by atoms with E-state index in [2.05, 4.69) is 34.1 Å². The molecule has 4 heteroatoms. The molecule has 22 heavy (non-hydrogen) atoms. The fraction of sp³-hybridized carbons (Fsp3) is 0.500. The number of nitrogens with zero attached hydrogens (tertiary/aromatic N) is 1. The van der Waals surface area contributed by atoms with E-state index in [1.807, 2.05) is 43.9 Å². The number of benzene rings is 1. The van der Waals surface area contributed by atoms with E-state index in [0.717, 1.165) is 30.4 Å². The average Bonchev–Trinajstić information content (AvgIpc) is 2.45. The molecule has 1 saturated heterocycles. The van der Waals surface area contributed by atoms with Gasteiger partial charge in [-0.3, -0.25) is 0 Å². The highest BCUT2D eigenvalue weighted by Gasteiger charge is 2.25. The third-order valence-electron chi connectivity index (χ3n) is 3.64. The standard InChI is InChI=1S/C18H24BrNO2/c1-18(2,3)22-17(21)20-12-10-14(11-13-20)8-9-15-6-4-5-7-16(15)19/h4-9,14H,10-13H2,1-3H3. The molecule has 1 aliphatic heterocycles. The van der Waals surface area contributed by atoms with E-state index < -0.39 is 5.60 Å². The van der Waals surface area contributed by atoms with Crippen LogP contribution in [0.4, 0.5) is 4.79 Å². The van der Waals surface area contributed by atoms with Crippen molar-refractivity contribution in [2.45, 2.75) is 39.2 Å². The molecule has 0 N–H and O–H groups in total. The van der Waals surface area contributed by atoms with Gasteiger partial charge in [0.25, 0.3) is 0 Å². The molecule has 0 radical (unpaired) electrons. The van der Waals surface area contributed by atoms with Gasteiger partial charge in [0, 0.05) is 17.6 Å². The van der Waals surface area contributed by atoms with Crippen molar-refractivity contribution in [1.29, 1.82) is 0 Å². The summed E-state index contributed by atoms with van der Waals surface area (Å²) >= 11 is 3.56. The maximum atomic E-state index is 12.0. The Kier molecular flexibility index (Phi) is 5.68. The van der Waals surface area contributed by atoms with Crippen LogP contribution in [-0.4, -0.2) is 29.7 Å². The molecule has 1 aromatic rings. The third kappa shape index (κ3) is 5.16. The van der Waals surface area contributed by atoms with Crippen LogP contribution in [0.2, 0.25) is 0 Å². The summed E-state index contributed by atoms with van der Waals surface area (Å²) in [7, 11) is 0. The Morgan fingerprint density at radius 1 is 1.27 bits per heavy atom. The summed E-state index contributed by atoms with van der Waals surface area (Å²) in [6.45, 7) is 7.23. The van der Waals surface area contributed by atoms with Crippen molar-refractivity contribution in [3.8, 4) is 0 Å². The lowest BCUT2D eigenvalue weighted by atomic mass is 9.96. The second-order valence-corrected chi connectivity index (χ2v) is 7.54. The fourth-order valence-electron chi connectivity index (χ4n) is 2.45. The molecular weight excluding hydrogens is 342 g/mol. The van der Waals surface area contributed by atoms with E-state index in [1.165, 1.54) is 5.56 Å². The molecule has 0 aromatic heterocycles. The topological polar surface area (TPSA) is 29.5 Å². The number of likely N-dealkylation sites (tertiary alicyclic amines) is 1. The Hall–Kier alpha value is -1.29. The van der Waals surface area contributed by atoms with Crippen LogP contribution in [0.25, 0.3) is 6.08 Å². The van der Waals surface area contributed by atoms with Gasteiger partial charge in [-0.05, 0) is 51.2 Å². The minimum atomic E-state index is -0.423. The van der Waals surface area contributed by atoms with Crippen LogP contribution in [0.15, 0.2) is 34.8 Å². The lowest BCUT2D eigenvalue weighted by molar-refractivity contribution is 0.0197. The van der Waals surface area contributed by atoms with Gasteiger partial charge in [-0.25, -0.2) is 4.79 Å². The molecule has 0 saturated carbocycles. The number of hydrogen-bond donors (Lipinski definition) is 0. The maximum absolute atomic E-state index is 12.0. The van der Waals surface area contributed by atoms with E-state index >= 15 is 0 Å². The molecule has 0 bridgehead atoms. The van der Waals surface area contributed by atoms with Crippen molar-refractivity contribution in [3.05, 3.63) is 40.4 Å². The summed E-state index contributed by atoms with van der Waals surface area (Å²) in [6.07, 6.45) is 6.20. The minimum absolute atomic E-state index is 0.194. The lowest BCUT2D eigenvalue weighted by Crippen LogP contribution is -2.41. The van der Waals surface area contributed by atoms with E-state index in [-0.39, 0.29) is 6.09 Å². The molecule has 0 aliphatic carbocycles. The van der Waals surface area contributed by atoms with Crippen molar-refractivity contribution in [2.24, 2.45) is 5.92 Å². The first-order valence-electron chi connectivity index (χ1n) is 7.76. The first-order chi connectivity index (χ1) is 10.3. The van der Waals surface area contributed by atoms with E-state index in [4.69, 9.17) is 4.74 Å².